The van der Waals surface area contributed by atoms with Gasteiger partial charge in [0, 0.05) is 4.47 Å². The summed E-state index contributed by atoms with van der Waals surface area (Å²) in [4.78, 5) is 0. The van der Waals surface area contributed by atoms with Crippen LogP contribution in [0.25, 0.3) is 164 Å². The van der Waals surface area contributed by atoms with E-state index in [0.717, 1.165) is 37.1 Å². The topological polar surface area (TPSA) is 88.0 Å². The summed E-state index contributed by atoms with van der Waals surface area (Å²) in [6, 6.07) is 139. The minimum Gasteiger partial charge on any atom is -0.423 e. The van der Waals surface area contributed by atoms with Gasteiger partial charge in [-0.3, -0.25) is 0 Å². The van der Waals surface area contributed by atoms with Gasteiger partial charge in [0.05, 0.1) is 34.1 Å². The molecule has 528 valence electrons. The Bertz CT molecular complexity index is 7470. The molecule has 0 unspecified atom stereocenters. The van der Waals surface area contributed by atoms with Crippen LogP contribution < -0.4 is 5.46 Å². The van der Waals surface area contributed by atoms with Crippen molar-refractivity contribution in [3.8, 4) is 90.0 Å². The Morgan fingerprint density at radius 1 is 0.228 bits per heavy atom. The fraction of sp³-hybridized carbons (Fsp3) is 0.0185. The van der Waals surface area contributed by atoms with Crippen molar-refractivity contribution in [1.82, 2.24) is 0 Å². The Labute approximate surface area is 667 Å². The molecule has 6 heteroatoms. The maximum atomic E-state index is 10.2. The zero-order valence-electron chi connectivity index (χ0n) is 61.5. The number of benzene rings is 20. The largest absolute Gasteiger partial charge is 0.489 e. The van der Waals surface area contributed by atoms with E-state index >= 15 is 0 Å². The number of halogens is 1. The second-order valence-electron chi connectivity index (χ2n) is 30.4. The average molecular weight is 1510 g/mol. The molecule has 0 bridgehead atoms. The van der Waals surface area contributed by atoms with Crippen LogP contribution in [-0.4, -0.2) is 17.2 Å². The maximum Gasteiger partial charge on any atom is 0.489 e. The number of hydrogen-bond donors (Lipinski definition) is 2. The van der Waals surface area contributed by atoms with Gasteiger partial charge < -0.3 is 10.0 Å². The van der Waals surface area contributed by atoms with Gasteiger partial charge in [-0.15, -0.1) is 0 Å². The van der Waals surface area contributed by atoms with Crippen LogP contribution in [0.1, 0.15) is 55.6 Å². The van der Waals surface area contributed by atoms with Crippen molar-refractivity contribution in [2.24, 2.45) is 0 Å². The lowest BCUT2D eigenvalue weighted by Gasteiger charge is -2.31. The highest BCUT2D eigenvalue weighted by Crippen LogP contribution is 2.66. The van der Waals surface area contributed by atoms with Crippen molar-refractivity contribution in [1.29, 1.82) is 10.5 Å². The molecule has 20 aromatic rings. The van der Waals surface area contributed by atoms with Gasteiger partial charge in [-0.05, 0) is 269 Å². The Kier molecular flexibility index (Phi) is 15.3. The minimum atomic E-state index is -1.54. The molecule has 0 fully saturated rings. The SMILES string of the molecule is N#Cc1ccc2c(c1)C1(c3ccccc3-c3ccccc31)c1cc(-c3c4ccccc4c(-c4cc5ccccc5c5ccccc45)c4ccccc34)ccc1-2.N#Cc1ccc2c(c1)C1(c3ccccc3-c3ccccc31)c1cc(Br)ccc1-2.OB(O)c1c2ccccc2c(-c2cc3ccccc3c3ccccc23)c2ccccc12. The molecule has 0 saturated carbocycles. The van der Waals surface area contributed by atoms with E-state index in [4.69, 9.17) is 0 Å². The van der Waals surface area contributed by atoms with Crippen molar-refractivity contribution < 1.29 is 10.0 Å². The molecular weight excluding hydrogens is 1450 g/mol. The Morgan fingerprint density at radius 2 is 0.509 bits per heavy atom. The third-order valence-electron chi connectivity index (χ3n) is 24.9. The van der Waals surface area contributed by atoms with E-state index in [1.807, 2.05) is 48.5 Å². The van der Waals surface area contributed by atoms with E-state index in [-0.39, 0.29) is 5.41 Å². The van der Waals surface area contributed by atoms with Crippen LogP contribution in [-0.2, 0) is 10.8 Å². The molecule has 0 atom stereocenters. The minimum absolute atomic E-state index is 0.380. The zero-order chi connectivity index (χ0) is 76.1. The molecule has 114 heavy (non-hydrogen) atoms. The molecule has 0 heterocycles. The van der Waals surface area contributed by atoms with Gasteiger partial charge in [0.25, 0.3) is 0 Å². The third kappa shape index (κ3) is 9.58. The summed E-state index contributed by atoms with van der Waals surface area (Å²) in [7, 11) is -1.54. The standard InChI is InChI=1S/C54H31N.C28H19BO2.C26H14BrN/c55-32-33-25-27-41-42-28-26-35(31-51(42)54(50(41)29-33)48-23-11-9-17-39(48)40-18-10-12-24-49(40)54)52-43-19-5-7-21-45(43)53(46-22-8-6-20-44(46)52)47-30-34-13-1-2-14-36(34)37-15-3-4-16-38(37)47;30-29(31)28-24-15-7-5-13-22(24)27(23-14-6-8-16-25(23)28)26-17-18-9-1-2-10-19(18)20-11-3-4-12-21(20)26;27-17-10-12-21-20-11-9-16(15-28)13-24(20)26(25(21)14-17)22-7-3-1-5-18(22)19-6-2-4-8-23(19)26/h1-31H;1-17,30-31H;1-14H. The molecule has 4 nitrogen and oxygen atoms in total. The molecule has 24 rings (SSSR count). The van der Waals surface area contributed by atoms with Crippen molar-refractivity contribution in [3.05, 3.63) is 436 Å². The highest BCUT2D eigenvalue weighted by atomic mass is 79.9. The van der Waals surface area contributed by atoms with E-state index in [0.29, 0.717) is 16.6 Å². The third-order valence-corrected chi connectivity index (χ3v) is 25.4. The Morgan fingerprint density at radius 3 is 0.895 bits per heavy atom. The van der Waals surface area contributed by atoms with Gasteiger partial charge >= 0.3 is 7.12 Å². The molecule has 4 aliphatic carbocycles. The lowest BCUT2D eigenvalue weighted by atomic mass is 9.70. The smallest absolute Gasteiger partial charge is 0.423 e. The molecule has 0 aliphatic heterocycles. The van der Waals surface area contributed by atoms with E-state index < -0.39 is 12.5 Å². The van der Waals surface area contributed by atoms with Crippen LogP contribution >= 0.6 is 15.9 Å². The summed E-state index contributed by atoms with van der Waals surface area (Å²) >= 11 is 3.70. The second-order valence-corrected chi connectivity index (χ2v) is 31.3. The lowest BCUT2D eigenvalue weighted by molar-refractivity contribution is 0.426. The van der Waals surface area contributed by atoms with Crippen LogP contribution in [0.5, 0.6) is 0 Å². The van der Waals surface area contributed by atoms with E-state index in [1.165, 1.54) is 176 Å². The maximum absolute atomic E-state index is 10.2. The van der Waals surface area contributed by atoms with Crippen LogP contribution in [0.4, 0.5) is 0 Å². The first-order valence-corrected chi connectivity index (χ1v) is 39.5. The summed E-state index contributed by atoms with van der Waals surface area (Å²) in [6.07, 6.45) is 0. The number of fused-ring (bicyclic) bond motifs is 30. The highest BCUT2D eigenvalue weighted by Gasteiger charge is 2.53. The van der Waals surface area contributed by atoms with E-state index in [2.05, 4.69) is 356 Å². The first-order chi connectivity index (χ1) is 56.2. The first-order valence-electron chi connectivity index (χ1n) is 38.7. The van der Waals surface area contributed by atoms with E-state index in [1.54, 1.807) is 0 Å². The van der Waals surface area contributed by atoms with Crippen molar-refractivity contribution in [2.75, 3.05) is 0 Å². The average Bonchev–Trinajstić information content (AvgIpc) is 1.51. The summed E-state index contributed by atoms with van der Waals surface area (Å²) in [5.74, 6) is 0. The van der Waals surface area contributed by atoms with Crippen molar-refractivity contribution in [2.45, 2.75) is 10.8 Å². The fourth-order valence-electron chi connectivity index (χ4n) is 20.5. The molecule has 0 amide bonds. The molecular formula is C108H64BBrN2O2. The highest BCUT2D eigenvalue weighted by molar-refractivity contribution is 9.10. The Balaban J connectivity index is 0.000000114. The van der Waals surface area contributed by atoms with Gasteiger partial charge in [-0.1, -0.05) is 337 Å². The van der Waals surface area contributed by atoms with Gasteiger partial charge in [-0.2, -0.15) is 10.5 Å². The summed E-state index contributed by atoms with van der Waals surface area (Å²) in [5, 5.41) is 58.9. The number of nitriles is 2. The van der Waals surface area contributed by atoms with Gasteiger partial charge in [0.1, 0.15) is 0 Å². The molecule has 20 aromatic carbocycles. The van der Waals surface area contributed by atoms with Gasteiger partial charge in [-0.25, -0.2) is 0 Å². The zero-order valence-corrected chi connectivity index (χ0v) is 63.1. The summed E-state index contributed by atoms with van der Waals surface area (Å²) in [6.45, 7) is 0. The van der Waals surface area contributed by atoms with Gasteiger partial charge in [0.15, 0.2) is 0 Å². The molecule has 0 aromatic heterocycles. The second kappa shape index (κ2) is 26.0. The molecule has 0 radical (unpaired) electrons. The predicted octanol–water partition coefficient (Wildman–Crippen LogP) is 26.2. The predicted molar refractivity (Wildman–Crippen MR) is 475 cm³/mol. The van der Waals surface area contributed by atoms with Crippen LogP contribution in [0.15, 0.2) is 381 Å². The summed E-state index contributed by atoms with van der Waals surface area (Å²) in [5.41, 5.74) is 28.3. The van der Waals surface area contributed by atoms with E-state index in [9.17, 15) is 20.6 Å². The molecule has 2 N–H and O–H groups in total. The molecule has 4 aliphatic rings. The first kappa shape index (κ1) is 66.9. The summed E-state index contributed by atoms with van der Waals surface area (Å²) < 4.78 is 1.07. The normalized spacial score (nSPS) is 13.0. The molecule has 2 spiro atoms. The van der Waals surface area contributed by atoms with Gasteiger partial charge in [0.2, 0.25) is 0 Å². The quantitative estimate of drug-likeness (QED) is 0.104. The van der Waals surface area contributed by atoms with Crippen molar-refractivity contribution in [3.63, 3.8) is 0 Å². The number of nitrogens with zero attached hydrogens (tertiary/aromatic N) is 2. The van der Waals surface area contributed by atoms with Crippen LogP contribution in [0, 0.1) is 22.7 Å². The van der Waals surface area contributed by atoms with Crippen molar-refractivity contribution >= 4 is 115 Å². The monoisotopic (exact) mass is 1510 g/mol. The number of rotatable bonds is 4. The Hall–Kier alpha value is -14.1. The lowest BCUT2D eigenvalue weighted by Crippen LogP contribution is -2.31. The number of hydrogen-bond acceptors (Lipinski definition) is 4. The van der Waals surface area contributed by atoms with Crippen LogP contribution in [0.3, 0.4) is 0 Å². The van der Waals surface area contributed by atoms with Crippen LogP contribution in [0.2, 0.25) is 0 Å². The molecule has 0 saturated heterocycles. The fourth-order valence-corrected chi connectivity index (χ4v) is 20.9.